The first-order valence-electron chi connectivity index (χ1n) is 8.24. The first-order valence-corrected chi connectivity index (χ1v) is 10.1. The van der Waals surface area contributed by atoms with Gasteiger partial charge < -0.3 is 10.4 Å². The zero-order valence-corrected chi connectivity index (χ0v) is 16.4. The highest BCUT2D eigenvalue weighted by molar-refractivity contribution is 7.92. The lowest BCUT2D eigenvalue weighted by molar-refractivity contribution is 0.102. The monoisotopic (exact) mass is 416 g/mol. The molecular weight excluding hydrogens is 400 g/mol. The van der Waals surface area contributed by atoms with Crippen molar-refractivity contribution in [2.45, 2.75) is 11.8 Å². The summed E-state index contributed by atoms with van der Waals surface area (Å²) in [6.45, 7) is 1.85. The predicted octanol–water partition coefficient (Wildman–Crippen LogP) is 4.41. The minimum atomic E-state index is -3.95. The Bertz CT molecular complexity index is 1150. The molecule has 0 fully saturated rings. The molecule has 0 aromatic heterocycles. The lowest BCUT2D eigenvalue weighted by atomic mass is 10.1. The summed E-state index contributed by atoms with van der Waals surface area (Å²) in [6, 6.07) is 16.8. The lowest BCUT2D eigenvalue weighted by Crippen LogP contribution is -2.15. The quantitative estimate of drug-likeness (QED) is 0.537. The molecule has 3 rings (SSSR count). The van der Waals surface area contributed by atoms with Crippen LogP contribution >= 0.6 is 11.6 Å². The van der Waals surface area contributed by atoms with Crippen LogP contribution in [0.3, 0.4) is 0 Å². The highest BCUT2D eigenvalue weighted by Gasteiger charge is 2.18. The van der Waals surface area contributed by atoms with Crippen molar-refractivity contribution in [1.82, 2.24) is 0 Å². The largest absolute Gasteiger partial charge is 0.506 e. The first-order chi connectivity index (χ1) is 13.2. The van der Waals surface area contributed by atoms with Crippen LogP contribution in [0, 0.1) is 6.92 Å². The number of anilines is 2. The maximum Gasteiger partial charge on any atom is 0.261 e. The van der Waals surface area contributed by atoms with E-state index in [9.17, 15) is 18.3 Å². The van der Waals surface area contributed by atoms with Crippen molar-refractivity contribution < 1.29 is 18.3 Å². The zero-order valence-electron chi connectivity index (χ0n) is 14.8. The van der Waals surface area contributed by atoms with Gasteiger partial charge in [0.2, 0.25) is 0 Å². The summed E-state index contributed by atoms with van der Waals surface area (Å²) in [5.41, 5.74) is 1.58. The molecule has 3 aromatic rings. The summed E-state index contributed by atoms with van der Waals surface area (Å²) < 4.78 is 27.7. The fraction of sp³-hybridized carbons (Fsp3) is 0.0500. The van der Waals surface area contributed by atoms with Gasteiger partial charge in [-0.1, -0.05) is 35.4 Å². The number of rotatable bonds is 5. The maximum atomic E-state index is 12.6. The van der Waals surface area contributed by atoms with Crippen LogP contribution in [-0.4, -0.2) is 19.4 Å². The van der Waals surface area contributed by atoms with E-state index < -0.39 is 15.9 Å². The SMILES string of the molecule is Cc1cccc(C(=O)Nc2cc(S(=O)(=O)Nc3cccc(Cl)c3)ccc2O)c1. The summed E-state index contributed by atoms with van der Waals surface area (Å²) in [5.74, 6) is -0.709. The van der Waals surface area contributed by atoms with Gasteiger partial charge in [-0.3, -0.25) is 9.52 Å². The number of carbonyl (C=O) groups excluding carboxylic acids is 1. The van der Waals surface area contributed by atoms with Crippen molar-refractivity contribution in [3.05, 3.63) is 82.9 Å². The van der Waals surface area contributed by atoms with Crippen molar-refractivity contribution in [1.29, 1.82) is 0 Å². The van der Waals surface area contributed by atoms with Crippen LogP contribution in [0.15, 0.2) is 71.6 Å². The van der Waals surface area contributed by atoms with E-state index >= 15 is 0 Å². The van der Waals surface area contributed by atoms with Crippen molar-refractivity contribution in [3.63, 3.8) is 0 Å². The van der Waals surface area contributed by atoms with Crippen LogP contribution < -0.4 is 10.0 Å². The van der Waals surface area contributed by atoms with Gasteiger partial charge in [-0.2, -0.15) is 0 Å². The van der Waals surface area contributed by atoms with E-state index in [1.54, 1.807) is 36.4 Å². The number of phenols is 1. The fourth-order valence-corrected chi connectivity index (χ4v) is 3.79. The summed E-state index contributed by atoms with van der Waals surface area (Å²) in [7, 11) is -3.95. The van der Waals surface area contributed by atoms with Crippen molar-refractivity contribution >= 4 is 38.9 Å². The average molecular weight is 417 g/mol. The molecule has 0 aliphatic heterocycles. The Morgan fingerprint density at radius 1 is 1.00 bits per heavy atom. The third kappa shape index (κ3) is 4.62. The molecule has 144 valence electrons. The summed E-state index contributed by atoms with van der Waals surface area (Å²) in [4.78, 5) is 12.3. The van der Waals surface area contributed by atoms with Crippen LogP contribution in [0.1, 0.15) is 15.9 Å². The summed E-state index contributed by atoms with van der Waals surface area (Å²) in [5, 5.41) is 13.0. The molecule has 0 unspecified atom stereocenters. The van der Waals surface area contributed by atoms with Crippen LogP contribution in [-0.2, 0) is 10.0 Å². The van der Waals surface area contributed by atoms with Crippen molar-refractivity contribution in [3.8, 4) is 5.75 Å². The van der Waals surface area contributed by atoms with Gasteiger partial charge in [0.25, 0.3) is 15.9 Å². The van der Waals surface area contributed by atoms with Gasteiger partial charge >= 0.3 is 0 Å². The molecule has 1 amide bonds. The minimum absolute atomic E-state index is 0.0134. The second kappa shape index (κ2) is 7.92. The Morgan fingerprint density at radius 2 is 1.75 bits per heavy atom. The lowest BCUT2D eigenvalue weighted by Gasteiger charge is -2.12. The number of benzene rings is 3. The topological polar surface area (TPSA) is 95.5 Å². The smallest absolute Gasteiger partial charge is 0.261 e. The number of phenolic OH excluding ortho intramolecular Hbond substituents is 1. The highest BCUT2D eigenvalue weighted by atomic mass is 35.5. The van der Waals surface area contributed by atoms with Crippen LogP contribution in [0.4, 0.5) is 11.4 Å². The van der Waals surface area contributed by atoms with E-state index in [2.05, 4.69) is 10.0 Å². The molecule has 0 aliphatic carbocycles. The maximum absolute atomic E-state index is 12.6. The van der Waals surface area contributed by atoms with E-state index in [-0.39, 0.29) is 16.3 Å². The molecule has 0 heterocycles. The van der Waals surface area contributed by atoms with E-state index in [4.69, 9.17) is 11.6 Å². The van der Waals surface area contributed by atoms with Gasteiger partial charge in [-0.15, -0.1) is 0 Å². The molecule has 3 N–H and O–H groups in total. The van der Waals surface area contributed by atoms with Gasteiger partial charge in [-0.05, 0) is 55.5 Å². The second-order valence-electron chi connectivity index (χ2n) is 6.12. The van der Waals surface area contributed by atoms with E-state index in [1.165, 1.54) is 24.3 Å². The van der Waals surface area contributed by atoms with Crippen LogP contribution in [0.2, 0.25) is 5.02 Å². The average Bonchev–Trinajstić information content (AvgIpc) is 2.63. The Balaban J connectivity index is 1.87. The standard InChI is InChI=1S/C20H17ClN2O4S/c1-13-4-2-5-14(10-13)20(25)22-18-12-17(8-9-19(18)24)28(26,27)23-16-7-3-6-15(21)11-16/h2-12,23-24H,1H3,(H,22,25). The summed E-state index contributed by atoms with van der Waals surface area (Å²) in [6.07, 6.45) is 0. The van der Waals surface area contributed by atoms with Crippen LogP contribution in [0.5, 0.6) is 5.75 Å². The number of amides is 1. The first kappa shape index (κ1) is 19.7. The molecule has 0 spiro atoms. The number of aromatic hydroxyl groups is 1. The minimum Gasteiger partial charge on any atom is -0.506 e. The molecule has 3 aromatic carbocycles. The number of hydrogen-bond donors (Lipinski definition) is 3. The molecule has 0 saturated heterocycles. The molecule has 8 heteroatoms. The Hall–Kier alpha value is -3.03. The molecule has 0 atom stereocenters. The molecule has 0 radical (unpaired) electrons. The summed E-state index contributed by atoms with van der Waals surface area (Å²) >= 11 is 5.88. The number of nitrogens with one attached hydrogen (secondary N) is 2. The predicted molar refractivity (Wildman–Crippen MR) is 109 cm³/mol. The third-order valence-corrected chi connectivity index (χ3v) is 5.50. The van der Waals surface area contributed by atoms with Crippen molar-refractivity contribution in [2.24, 2.45) is 0 Å². The number of sulfonamides is 1. The van der Waals surface area contributed by atoms with Crippen molar-refractivity contribution in [2.75, 3.05) is 10.0 Å². The molecule has 0 aliphatic rings. The molecule has 28 heavy (non-hydrogen) atoms. The molecule has 0 saturated carbocycles. The van der Waals surface area contributed by atoms with Gasteiger partial charge in [0, 0.05) is 10.6 Å². The van der Waals surface area contributed by atoms with E-state index in [0.717, 1.165) is 5.56 Å². The van der Waals surface area contributed by atoms with E-state index in [0.29, 0.717) is 16.3 Å². The Kier molecular flexibility index (Phi) is 5.58. The van der Waals surface area contributed by atoms with Gasteiger partial charge in [0.15, 0.2) is 0 Å². The molecular formula is C20H17ClN2O4S. The third-order valence-electron chi connectivity index (χ3n) is 3.88. The van der Waals surface area contributed by atoms with Gasteiger partial charge in [-0.25, -0.2) is 8.42 Å². The zero-order chi connectivity index (χ0) is 20.3. The highest BCUT2D eigenvalue weighted by Crippen LogP contribution is 2.28. The number of hydrogen-bond acceptors (Lipinski definition) is 4. The normalized spacial score (nSPS) is 11.1. The second-order valence-corrected chi connectivity index (χ2v) is 8.24. The van der Waals surface area contributed by atoms with Gasteiger partial charge in [0.05, 0.1) is 16.3 Å². The molecule has 0 bridgehead atoms. The fourth-order valence-electron chi connectivity index (χ4n) is 2.53. The number of halogens is 1. The Morgan fingerprint density at radius 3 is 2.46 bits per heavy atom. The van der Waals surface area contributed by atoms with E-state index in [1.807, 2.05) is 13.0 Å². The molecule has 6 nitrogen and oxygen atoms in total. The Labute approximate surface area is 167 Å². The number of carbonyl (C=O) groups is 1. The van der Waals surface area contributed by atoms with Crippen LogP contribution in [0.25, 0.3) is 0 Å². The van der Waals surface area contributed by atoms with Gasteiger partial charge in [0.1, 0.15) is 5.75 Å². The number of aryl methyl sites for hydroxylation is 1.